The molecule has 1 saturated carbocycles. The molecular weight excluding hydrogens is 254 g/mol. The molecule has 0 atom stereocenters. The number of aryl methyl sites for hydroxylation is 1. The van der Waals surface area contributed by atoms with Gasteiger partial charge in [0.2, 0.25) is 0 Å². The highest BCUT2D eigenvalue weighted by Crippen LogP contribution is 2.33. The number of nitrogens with zero attached hydrogens (tertiary/aromatic N) is 1. The Hall–Kier alpha value is -1.03. The summed E-state index contributed by atoms with van der Waals surface area (Å²) in [5.41, 5.74) is 0. The van der Waals surface area contributed by atoms with Gasteiger partial charge in [0, 0.05) is 22.8 Å². The molecular formula is C15H25N3S. The molecule has 0 spiro atoms. The molecule has 0 aromatic carbocycles. The SMILES string of the molecule is CCNC(=NCc1ccc(C)s1)NCCCC1CC1. The third-order valence-corrected chi connectivity index (χ3v) is 4.30. The van der Waals surface area contributed by atoms with E-state index in [1.54, 1.807) is 0 Å². The van der Waals surface area contributed by atoms with Crippen LogP contribution in [-0.2, 0) is 6.54 Å². The molecule has 2 N–H and O–H groups in total. The summed E-state index contributed by atoms with van der Waals surface area (Å²) in [4.78, 5) is 7.31. The van der Waals surface area contributed by atoms with E-state index in [2.05, 4.69) is 41.6 Å². The zero-order valence-corrected chi connectivity index (χ0v) is 12.9. The Morgan fingerprint density at radius 3 is 2.84 bits per heavy atom. The maximum absolute atomic E-state index is 4.63. The van der Waals surface area contributed by atoms with E-state index in [0.29, 0.717) is 0 Å². The largest absolute Gasteiger partial charge is 0.357 e. The van der Waals surface area contributed by atoms with Crippen molar-refractivity contribution in [1.82, 2.24) is 10.6 Å². The molecule has 1 aliphatic rings. The van der Waals surface area contributed by atoms with E-state index in [1.165, 1.54) is 35.4 Å². The maximum atomic E-state index is 4.63. The highest BCUT2D eigenvalue weighted by Gasteiger charge is 2.19. The summed E-state index contributed by atoms with van der Waals surface area (Å²) >= 11 is 1.83. The number of hydrogen-bond acceptors (Lipinski definition) is 2. The van der Waals surface area contributed by atoms with E-state index < -0.39 is 0 Å². The van der Waals surface area contributed by atoms with Gasteiger partial charge in [0.25, 0.3) is 0 Å². The lowest BCUT2D eigenvalue weighted by molar-refractivity contribution is 0.645. The lowest BCUT2D eigenvalue weighted by atomic mass is 10.2. The van der Waals surface area contributed by atoms with Crippen LogP contribution in [0.3, 0.4) is 0 Å². The van der Waals surface area contributed by atoms with Crippen molar-refractivity contribution in [3.05, 3.63) is 21.9 Å². The van der Waals surface area contributed by atoms with Gasteiger partial charge in [-0.15, -0.1) is 11.3 Å². The smallest absolute Gasteiger partial charge is 0.191 e. The molecule has 1 heterocycles. The van der Waals surface area contributed by atoms with Crippen LogP contribution in [0.2, 0.25) is 0 Å². The van der Waals surface area contributed by atoms with Gasteiger partial charge < -0.3 is 10.6 Å². The van der Waals surface area contributed by atoms with Crippen molar-refractivity contribution in [2.75, 3.05) is 13.1 Å². The van der Waals surface area contributed by atoms with Crippen molar-refractivity contribution in [2.24, 2.45) is 10.9 Å². The Morgan fingerprint density at radius 1 is 1.37 bits per heavy atom. The van der Waals surface area contributed by atoms with Crippen LogP contribution >= 0.6 is 11.3 Å². The third-order valence-electron chi connectivity index (χ3n) is 3.31. The molecule has 0 radical (unpaired) electrons. The maximum Gasteiger partial charge on any atom is 0.191 e. The summed E-state index contributed by atoms with van der Waals surface area (Å²) in [6, 6.07) is 4.33. The molecule has 1 aromatic rings. The first-order valence-corrected chi connectivity index (χ1v) is 8.17. The molecule has 1 aromatic heterocycles. The minimum atomic E-state index is 0.774. The second-order valence-electron chi connectivity index (χ2n) is 5.22. The fraction of sp³-hybridized carbons (Fsp3) is 0.667. The van der Waals surface area contributed by atoms with Gasteiger partial charge in [0.05, 0.1) is 6.54 Å². The lowest BCUT2D eigenvalue weighted by Gasteiger charge is -2.10. The van der Waals surface area contributed by atoms with E-state index in [4.69, 9.17) is 0 Å². The molecule has 2 rings (SSSR count). The molecule has 0 saturated heterocycles. The molecule has 106 valence electrons. The zero-order valence-electron chi connectivity index (χ0n) is 12.0. The van der Waals surface area contributed by atoms with Crippen molar-refractivity contribution < 1.29 is 0 Å². The zero-order chi connectivity index (χ0) is 13.5. The van der Waals surface area contributed by atoms with Gasteiger partial charge >= 0.3 is 0 Å². The highest BCUT2D eigenvalue weighted by atomic mass is 32.1. The van der Waals surface area contributed by atoms with Crippen molar-refractivity contribution >= 4 is 17.3 Å². The summed E-state index contributed by atoms with van der Waals surface area (Å²) in [5, 5.41) is 6.73. The number of guanidine groups is 1. The van der Waals surface area contributed by atoms with Crippen molar-refractivity contribution in [3.8, 4) is 0 Å². The van der Waals surface area contributed by atoms with Crippen LogP contribution < -0.4 is 10.6 Å². The predicted octanol–water partition coefficient (Wildman–Crippen LogP) is 3.30. The Balaban J connectivity index is 1.72. The average Bonchev–Trinajstić information content (AvgIpc) is 3.13. The normalized spacial score (nSPS) is 15.6. The van der Waals surface area contributed by atoms with Gasteiger partial charge in [-0.3, -0.25) is 0 Å². The number of rotatable bonds is 7. The van der Waals surface area contributed by atoms with Gasteiger partial charge in [0.1, 0.15) is 0 Å². The fourth-order valence-electron chi connectivity index (χ4n) is 2.07. The molecule has 0 unspecified atom stereocenters. The minimum absolute atomic E-state index is 0.774. The standard InChI is InChI=1S/C15H25N3S/c1-3-16-15(17-10-4-5-13-7-8-13)18-11-14-9-6-12(2)19-14/h6,9,13H,3-5,7-8,10-11H2,1-2H3,(H2,16,17,18). The van der Waals surface area contributed by atoms with E-state index in [9.17, 15) is 0 Å². The van der Waals surface area contributed by atoms with Crippen molar-refractivity contribution in [1.29, 1.82) is 0 Å². The van der Waals surface area contributed by atoms with Crippen molar-refractivity contribution in [2.45, 2.75) is 46.1 Å². The topological polar surface area (TPSA) is 36.4 Å². The van der Waals surface area contributed by atoms with E-state index in [1.807, 2.05) is 11.3 Å². The molecule has 0 amide bonds. The lowest BCUT2D eigenvalue weighted by Crippen LogP contribution is -2.37. The Kier molecular flexibility index (Phi) is 5.70. The van der Waals surface area contributed by atoms with Gasteiger partial charge in [-0.25, -0.2) is 4.99 Å². The quantitative estimate of drug-likeness (QED) is 0.456. The second-order valence-corrected chi connectivity index (χ2v) is 6.59. The Bertz CT molecular complexity index is 407. The molecule has 3 nitrogen and oxygen atoms in total. The number of hydrogen-bond donors (Lipinski definition) is 2. The molecule has 1 aliphatic carbocycles. The van der Waals surface area contributed by atoms with E-state index in [-0.39, 0.29) is 0 Å². The van der Waals surface area contributed by atoms with Gasteiger partial charge in [0.15, 0.2) is 5.96 Å². The summed E-state index contributed by atoms with van der Waals surface area (Å²) in [7, 11) is 0. The first kappa shape index (κ1) is 14.4. The molecule has 1 fully saturated rings. The van der Waals surface area contributed by atoms with Gasteiger partial charge in [-0.05, 0) is 44.7 Å². The predicted molar refractivity (Wildman–Crippen MR) is 83.8 cm³/mol. The average molecular weight is 279 g/mol. The van der Waals surface area contributed by atoms with Crippen LogP contribution in [0.25, 0.3) is 0 Å². The van der Waals surface area contributed by atoms with E-state index in [0.717, 1.165) is 31.5 Å². The highest BCUT2D eigenvalue weighted by molar-refractivity contribution is 7.11. The third kappa shape index (κ3) is 5.64. The van der Waals surface area contributed by atoms with Crippen LogP contribution in [0.15, 0.2) is 17.1 Å². The van der Waals surface area contributed by atoms with Gasteiger partial charge in [-0.2, -0.15) is 0 Å². The monoisotopic (exact) mass is 279 g/mol. The molecule has 19 heavy (non-hydrogen) atoms. The van der Waals surface area contributed by atoms with Crippen LogP contribution in [-0.4, -0.2) is 19.0 Å². The van der Waals surface area contributed by atoms with E-state index >= 15 is 0 Å². The summed E-state index contributed by atoms with van der Waals surface area (Å²) in [6.45, 7) is 6.97. The first-order valence-electron chi connectivity index (χ1n) is 7.35. The summed E-state index contributed by atoms with van der Waals surface area (Å²) in [6.07, 6.45) is 5.53. The molecule has 4 heteroatoms. The van der Waals surface area contributed by atoms with Crippen LogP contribution in [0.1, 0.15) is 42.4 Å². The van der Waals surface area contributed by atoms with Crippen molar-refractivity contribution in [3.63, 3.8) is 0 Å². The van der Waals surface area contributed by atoms with Crippen LogP contribution in [0.4, 0.5) is 0 Å². The number of nitrogens with one attached hydrogen (secondary N) is 2. The fourth-order valence-corrected chi connectivity index (χ4v) is 2.89. The van der Waals surface area contributed by atoms with Crippen LogP contribution in [0.5, 0.6) is 0 Å². The number of thiophene rings is 1. The minimum Gasteiger partial charge on any atom is -0.357 e. The van der Waals surface area contributed by atoms with Crippen LogP contribution in [0, 0.1) is 12.8 Å². The molecule has 0 bridgehead atoms. The number of aliphatic imine (C=N–C) groups is 1. The Labute approximate surface area is 120 Å². The second kappa shape index (κ2) is 7.53. The Morgan fingerprint density at radius 2 is 2.21 bits per heavy atom. The summed E-state index contributed by atoms with van der Waals surface area (Å²) in [5.74, 6) is 1.97. The molecule has 0 aliphatic heterocycles. The summed E-state index contributed by atoms with van der Waals surface area (Å²) < 4.78 is 0. The van der Waals surface area contributed by atoms with Gasteiger partial charge in [-0.1, -0.05) is 12.8 Å². The first-order chi connectivity index (χ1) is 9.28.